The van der Waals surface area contributed by atoms with Crippen LogP contribution < -0.4 is 10.6 Å². The third-order valence-electron chi connectivity index (χ3n) is 2.91. The quantitative estimate of drug-likeness (QED) is 0.763. The first kappa shape index (κ1) is 16.8. The van der Waals surface area contributed by atoms with E-state index in [1.54, 1.807) is 20.8 Å². The van der Waals surface area contributed by atoms with Crippen LogP contribution in [0.15, 0.2) is 0 Å². The van der Waals surface area contributed by atoms with Gasteiger partial charge in [0.15, 0.2) is 0 Å². The molecule has 6 heteroatoms. The van der Waals surface area contributed by atoms with Crippen molar-refractivity contribution in [2.24, 2.45) is 5.92 Å². The van der Waals surface area contributed by atoms with E-state index in [-0.39, 0.29) is 11.8 Å². The largest absolute Gasteiger partial charge is 0.444 e. The molecule has 1 saturated carbocycles. The molecule has 1 fully saturated rings. The second-order valence-corrected chi connectivity index (χ2v) is 6.56. The average Bonchev–Trinajstić information content (AvgIpc) is 3.06. The van der Waals surface area contributed by atoms with E-state index in [0.29, 0.717) is 6.54 Å². The molecule has 0 saturated heterocycles. The Morgan fingerprint density at radius 2 is 1.90 bits per heavy atom. The van der Waals surface area contributed by atoms with Gasteiger partial charge in [-0.05, 0) is 53.6 Å². The molecule has 0 bridgehead atoms. The van der Waals surface area contributed by atoms with Gasteiger partial charge in [-0.3, -0.25) is 4.79 Å². The van der Waals surface area contributed by atoms with Crippen molar-refractivity contribution in [2.75, 3.05) is 27.2 Å². The van der Waals surface area contributed by atoms with Crippen LogP contribution in [0, 0.1) is 5.92 Å². The first-order valence-corrected chi connectivity index (χ1v) is 7.11. The van der Waals surface area contributed by atoms with Crippen molar-refractivity contribution in [3.8, 4) is 0 Å². The highest BCUT2D eigenvalue weighted by atomic mass is 16.6. The molecule has 1 aliphatic rings. The minimum atomic E-state index is -0.556. The summed E-state index contributed by atoms with van der Waals surface area (Å²) in [5.74, 6) is 0.113. The predicted octanol–water partition coefficient (Wildman–Crippen LogP) is 0.968. The summed E-state index contributed by atoms with van der Waals surface area (Å²) in [5, 5.41) is 5.54. The van der Waals surface area contributed by atoms with Gasteiger partial charge in [0.05, 0.1) is 0 Å². The fraction of sp³-hybridized carbons (Fsp3) is 0.857. The second-order valence-electron chi connectivity index (χ2n) is 6.56. The van der Waals surface area contributed by atoms with Gasteiger partial charge in [0.1, 0.15) is 11.6 Å². The molecule has 0 aliphatic heterocycles. The number of hydrogen-bond acceptors (Lipinski definition) is 4. The van der Waals surface area contributed by atoms with Gasteiger partial charge in [-0.25, -0.2) is 4.79 Å². The molecule has 0 heterocycles. The van der Waals surface area contributed by atoms with Gasteiger partial charge in [0.2, 0.25) is 5.91 Å². The van der Waals surface area contributed by atoms with Crippen LogP contribution in [0.5, 0.6) is 0 Å². The van der Waals surface area contributed by atoms with E-state index in [1.165, 1.54) is 0 Å². The Morgan fingerprint density at radius 3 is 2.35 bits per heavy atom. The summed E-state index contributed by atoms with van der Waals surface area (Å²) in [6.45, 7) is 6.75. The molecule has 0 spiro atoms. The maximum Gasteiger partial charge on any atom is 0.408 e. The molecule has 1 atom stereocenters. The molecule has 1 unspecified atom stereocenters. The molecule has 116 valence electrons. The van der Waals surface area contributed by atoms with Gasteiger partial charge in [-0.15, -0.1) is 0 Å². The highest BCUT2D eigenvalue weighted by Gasteiger charge is 2.38. The fourth-order valence-corrected chi connectivity index (χ4v) is 1.77. The van der Waals surface area contributed by atoms with Gasteiger partial charge >= 0.3 is 6.09 Å². The number of likely N-dealkylation sites (N-methyl/N-ethyl adjacent to an activating group) is 1. The number of nitrogens with one attached hydrogen (secondary N) is 2. The molecule has 1 rings (SSSR count). The first-order chi connectivity index (χ1) is 9.19. The number of carbonyl (C=O) groups is 2. The summed E-state index contributed by atoms with van der Waals surface area (Å²) in [6, 6.07) is -0.480. The van der Waals surface area contributed by atoms with Gasteiger partial charge in [-0.1, -0.05) is 0 Å². The Bertz CT molecular complexity index is 346. The van der Waals surface area contributed by atoms with Crippen LogP contribution in [-0.2, 0) is 9.53 Å². The van der Waals surface area contributed by atoms with Gasteiger partial charge in [0.25, 0.3) is 0 Å². The molecular formula is C14H27N3O3. The molecule has 0 aromatic carbocycles. The first-order valence-electron chi connectivity index (χ1n) is 7.11. The van der Waals surface area contributed by atoms with E-state index in [9.17, 15) is 9.59 Å². The Labute approximate surface area is 121 Å². The standard InChI is InChI=1S/C14H27N3O3/c1-14(2,3)20-13(19)16-11(10-6-7-10)12(18)15-8-9-17(4)5/h10-11H,6-9H2,1-5H3,(H,15,18)(H,16,19). The van der Waals surface area contributed by atoms with Crippen LogP contribution >= 0.6 is 0 Å². The number of amides is 2. The lowest BCUT2D eigenvalue weighted by Gasteiger charge is -2.23. The highest BCUT2D eigenvalue weighted by Crippen LogP contribution is 2.32. The maximum absolute atomic E-state index is 12.1. The van der Waals surface area contributed by atoms with Crippen LogP contribution in [0.25, 0.3) is 0 Å². The van der Waals surface area contributed by atoms with Crippen molar-refractivity contribution < 1.29 is 14.3 Å². The lowest BCUT2D eigenvalue weighted by atomic mass is 10.1. The molecule has 1 aliphatic carbocycles. The van der Waals surface area contributed by atoms with Gasteiger partial charge in [0, 0.05) is 13.1 Å². The smallest absolute Gasteiger partial charge is 0.408 e. The molecule has 2 amide bonds. The van der Waals surface area contributed by atoms with Gasteiger partial charge < -0.3 is 20.3 Å². The molecular weight excluding hydrogens is 258 g/mol. The third kappa shape index (κ3) is 6.75. The van der Waals surface area contributed by atoms with Crippen molar-refractivity contribution in [1.29, 1.82) is 0 Å². The zero-order valence-electron chi connectivity index (χ0n) is 13.2. The molecule has 0 radical (unpaired) electrons. The number of carbonyl (C=O) groups excluding carboxylic acids is 2. The Kier molecular flexibility index (Phi) is 5.80. The van der Waals surface area contributed by atoms with Crippen molar-refractivity contribution in [3.05, 3.63) is 0 Å². The zero-order chi connectivity index (χ0) is 15.3. The van der Waals surface area contributed by atoms with Crippen molar-refractivity contribution in [2.45, 2.75) is 45.3 Å². The van der Waals surface area contributed by atoms with Crippen LogP contribution in [0.2, 0.25) is 0 Å². The van der Waals surface area contributed by atoms with E-state index < -0.39 is 17.7 Å². The minimum absolute atomic E-state index is 0.125. The minimum Gasteiger partial charge on any atom is -0.444 e. The van der Waals surface area contributed by atoms with Crippen LogP contribution in [0.4, 0.5) is 4.79 Å². The summed E-state index contributed by atoms with van der Waals surface area (Å²) in [7, 11) is 3.90. The molecule has 20 heavy (non-hydrogen) atoms. The van der Waals surface area contributed by atoms with E-state index in [2.05, 4.69) is 10.6 Å². The van der Waals surface area contributed by atoms with Crippen molar-refractivity contribution >= 4 is 12.0 Å². The summed E-state index contributed by atoms with van der Waals surface area (Å²) in [5.41, 5.74) is -0.556. The fourth-order valence-electron chi connectivity index (χ4n) is 1.77. The van der Waals surface area contributed by atoms with Crippen LogP contribution in [0.3, 0.4) is 0 Å². The van der Waals surface area contributed by atoms with E-state index in [0.717, 1.165) is 19.4 Å². The van der Waals surface area contributed by atoms with Crippen molar-refractivity contribution in [3.63, 3.8) is 0 Å². The van der Waals surface area contributed by atoms with E-state index in [1.807, 2.05) is 19.0 Å². The highest BCUT2D eigenvalue weighted by molar-refractivity contribution is 5.86. The second kappa shape index (κ2) is 6.92. The monoisotopic (exact) mass is 285 g/mol. The summed E-state index contributed by atoms with van der Waals surface area (Å²) < 4.78 is 5.20. The maximum atomic E-state index is 12.1. The van der Waals surface area contributed by atoms with Crippen molar-refractivity contribution in [1.82, 2.24) is 15.5 Å². The number of hydrogen-bond donors (Lipinski definition) is 2. The molecule has 0 aromatic heterocycles. The summed E-state index contributed by atoms with van der Waals surface area (Å²) >= 11 is 0. The SMILES string of the molecule is CN(C)CCNC(=O)C(NC(=O)OC(C)(C)C)C1CC1. The normalized spacial score (nSPS) is 16.7. The molecule has 2 N–H and O–H groups in total. The number of ether oxygens (including phenoxy) is 1. The molecule has 6 nitrogen and oxygen atoms in total. The Balaban J connectivity index is 2.44. The van der Waals surface area contributed by atoms with E-state index >= 15 is 0 Å². The summed E-state index contributed by atoms with van der Waals surface area (Å²) in [6.07, 6.45) is 1.42. The molecule has 0 aromatic rings. The lowest BCUT2D eigenvalue weighted by Crippen LogP contribution is -2.50. The lowest BCUT2D eigenvalue weighted by molar-refractivity contribution is -0.123. The number of rotatable bonds is 6. The Hall–Kier alpha value is -1.30. The predicted molar refractivity (Wildman–Crippen MR) is 77.4 cm³/mol. The topological polar surface area (TPSA) is 70.7 Å². The van der Waals surface area contributed by atoms with Gasteiger partial charge in [-0.2, -0.15) is 0 Å². The van der Waals surface area contributed by atoms with Crippen LogP contribution in [-0.4, -0.2) is 55.7 Å². The van der Waals surface area contributed by atoms with E-state index in [4.69, 9.17) is 4.74 Å². The zero-order valence-corrected chi connectivity index (χ0v) is 13.2. The number of nitrogens with zero attached hydrogens (tertiary/aromatic N) is 1. The Morgan fingerprint density at radius 1 is 1.30 bits per heavy atom. The summed E-state index contributed by atoms with van der Waals surface area (Å²) in [4.78, 5) is 25.9. The average molecular weight is 285 g/mol. The third-order valence-corrected chi connectivity index (χ3v) is 2.91. The number of alkyl carbamates (subject to hydrolysis) is 1. The van der Waals surface area contributed by atoms with Crippen LogP contribution in [0.1, 0.15) is 33.6 Å².